The van der Waals surface area contributed by atoms with Gasteiger partial charge in [-0.25, -0.2) is 0 Å². The van der Waals surface area contributed by atoms with Crippen molar-refractivity contribution >= 4 is 63.0 Å². The van der Waals surface area contributed by atoms with E-state index >= 15 is 0 Å². The van der Waals surface area contributed by atoms with Crippen molar-refractivity contribution in [2.75, 3.05) is 7.11 Å². The lowest BCUT2D eigenvalue weighted by atomic mass is 10.1. The zero-order chi connectivity index (χ0) is 25.2. The molecule has 2 aliphatic heterocycles. The van der Waals surface area contributed by atoms with Crippen LogP contribution in [0, 0.1) is 5.41 Å². The van der Waals surface area contributed by atoms with Crippen molar-refractivity contribution < 1.29 is 14.3 Å². The van der Waals surface area contributed by atoms with Gasteiger partial charge in [-0.2, -0.15) is 15.1 Å². The summed E-state index contributed by atoms with van der Waals surface area (Å²) in [4.78, 5) is 21.0. The summed E-state index contributed by atoms with van der Waals surface area (Å²) in [5.74, 6) is 0.0725. The molecule has 0 saturated heterocycles. The lowest BCUT2D eigenvalue weighted by Gasteiger charge is -2.20. The molecular formula is C25H17Cl2N5O3S. The maximum Gasteiger partial charge on any atom is 0.283 e. The molecule has 36 heavy (non-hydrogen) atoms. The lowest BCUT2D eigenvalue weighted by Crippen LogP contribution is -2.35. The minimum atomic E-state index is -0.546. The number of ether oxygens (including phenoxy) is 2. The highest BCUT2D eigenvalue weighted by molar-refractivity contribution is 8.27. The van der Waals surface area contributed by atoms with Gasteiger partial charge >= 0.3 is 0 Å². The van der Waals surface area contributed by atoms with Gasteiger partial charge in [0, 0.05) is 28.5 Å². The lowest BCUT2D eigenvalue weighted by molar-refractivity contribution is -0.114. The number of pyridine rings is 1. The van der Waals surface area contributed by atoms with Gasteiger partial charge in [0.25, 0.3) is 5.91 Å². The van der Waals surface area contributed by atoms with Gasteiger partial charge in [0.2, 0.25) is 5.17 Å². The van der Waals surface area contributed by atoms with Crippen LogP contribution in [0.25, 0.3) is 6.08 Å². The van der Waals surface area contributed by atoms with Crippen LogP contribution in [-0.2, 0) is 11.4 Å². The van der Waals surface area contributed by atoms with Crippen LogP contribution in [0.15, 0.2) is 76.6 Å². The van der Waals surface area contributed by atoms with Crippen molar-refractivity contribution in [3.8, 4) is 11.5 Å². The van der Waals surface area contributed by atoms with E-state index in [-0.39, 0.29) is 23.0 Å². The molecule has 0 aliphatic carbocycles. The number of hydrogen-bond acceptors (Lipinski definition) is 7. The summed E-state index contributed by atoms with van der Waals surface area (Å²) in [6.07, 6.45) is 4.85. The highest BCUT2D eigenvalue weighted by atomic mass is 35.5. The Morgan fingerprint density at radius 1 is 1.14 bits per heavy atom. The van der Waals surface area contributed by atoms with Crippen LogP contribution in [0.5, 0.6) is 11.5 Å². The number of fused-ring (bicyclic) bond motifs is 1. The van der Waals surface area contributed by atoms with Crippen molar-refractivity contribution in [3.63, 3.8) is 0 Å². The number of carbonyl (C=O) groups is 1. The summed E-state index contributed by atoms with van der Waals surface area (Å²) in [5.41, 5.74) is 2.18. The highest BCUT2D eigenvalue weighted by Crippen LogP contribution is 2.38. The normalized spacial score (nSPS) is 16.1. The second-order valence-electron chi connectivity index (χ2n) is 7.58. The first-order valence-corrected chi connectivity index (χ1v) is 12.2. The Bertz CT molecular complexity index is 1470. The van der Waals surface area contributed by atoms with E-state index in [4.69, 9.17) is 38.1 Å². The van der Waals surface area contributed by atoms with E-state index in [1.165, 1.54) is 30.0 Å². The first-order chi connectivity index (χ1) is 17.4. The van der Waals surface area contributed by atoms with Crippen LogP contribution < -0.4 is 9.47 Å². The molecule has 11 heteroatoms. The fourth-order valence-corrected chi connectivity index (χ4v) is 4.84. The number of aliphatic imine (C=N–C) groups is 1. The molecule has 2 aromatic carbocycles. The molecule has 0 atom stereocenters. The number of nitrogens with one attached hydrogen (secondary N) is 1. The van der Waals surface area contributed by atoms with E-state index in [2.05, 4.69) is 15.1 Å². The third-order valence-corrected chi connectivity index (χ3v) is 6.86. The zero-order valence-electron chi connectivity index (χ0n) is 18.7. The van der Waals surface area contributed by atoms with Crippen LogP contribution in [0.3, 0.4) is 0 Å². The average molecular weight is 538 g/mol. The smallest absolute Gasteiger partial charge is 0.283 e. The predicted molar refractivity (Wildman–Crippen MR) is 142 cm³/mol. The monoisotopic (exact) mass is 537 g/mol. The van der Waals surface area contributed by atoms with E-state index in [0.717, 1.165) is 11.1 Å². The van der Waals surface area contributed by atoms with Gasteiger partial charge in [-0.3, -0.25) is 15.2 Å². The van der Waals surface area contributed by atoms with Gasteiger partial charge in [0.15, 0.2) is 17.3 Å². The fraction of sp³-hybridized carbons (Fsp3) is 0.0800. The number of benzene rings is 2. The van der Waals surface area contributed by atoms with Crippen molar-refractivity contribution in [1.29, 1.82) is 5.41 Å². The van der Waals surface area contributed by atoms with Crippen LogP contribution in [0.1, 0.15) is 16.7 Å². The number of nitrogens with zero attached hydrogens (tertiary/aromatic N) is 4. The number of thioether (sulfide) groups is 1. The van der Waals surface area contributed by atoms with Gasteiger partial charge in [0.1, 0.15) is 11.7 Å². The number of hydrogen-bond donors (Lipinski definition) is 1. The molecule has 1 N–H and O–H groups in total. The molecule has 5 rings (SSSR count). The molecular weight excluding hydrogens is 521 g/mol. The van der Waals surface area contributed by atoms with E-state index in [0.29, 0.717) is 32.3 Å². The highest BCUT2D eigenvalue weighted by Gasteiger charge is 2.36. The number of methoxy groups -OCH3 is 1. The van der Waals surface area contributed by atoms with E-state index in [1.807, 2.05) is 24.3 Å². The van der Waals surface area contributed by atoms with Crippen molar-refractivity contribution in [1.82, 2.24) is 9.99 Å². The fourth-order valence-electron chi connectivity index (χ4n) is 3.49. The Morgan fingerprint density at radius 3 is 2.72 bits per heavy atom. The van der Waals surface area contributed by atoms with Crippen LogP contribution >= 0.6 is 35.0 Å². The molecule has 0 bridgehead atoms. The Balaban J connectivity index is 1.42. The maximum atomic E-state index is 12.8. The molecule has 8 nitrogen and oxygen atoms in total. The quantitative estimate of drug-likeness (QED) is 0.408. The summed E-state index contributed by atoms with van der Waals surface area (Å²) < 4.78 is 11.4. The van der Waals surface area contributed by atoms with Crippen LogP contribution in [0.2, 0.25) is 10.0 Å². The number of amides is 1. The molecule has 180 valence electrons. The summed E-state index contributed by atoms with van der Waals surface area (Å²) in [7, 11) is 1.49. The van der Waals surface area contributed by atoms with E-state index in [9.17, 15) is 4.79 Å². The van der Waals surface area contributed by atoms with Crippen LogP contribution in [-0.4, -0.2) is 39.1 Å². The molecule has 0 spiro atoms. The van der Waals surface area contributed by atoms with Crippen molar-refractivity contribution in [3.05, 3.63) is 93.2 Å². The molecule has 1 amide bonds. The van der Waals surface area contributed by atoms with Crippen molar-refractivity contribution in [2.45, 2.75) is 6.61 Å². The number of aromatic nitrogens is 1. The maximum absolute atomic E-state index is 12.8. The Morgan fingerprint density at radius 2 is 1.97 bits per heavy atom. The standard InChI is InChI=1S/C25H17Cl2N5O3S/c1-34-20-11-14(10-19(27)21(20)35-13-16-5-2-3-7-18(16)26)9-17-22(28)32-25(30-23(17)33)36-24(31-32)15-6-4-8-29-12-15/h2-12,28H,13H2,1H3/b17-9-,28-22?. The first kappa shape index (κ1) is 24.1. The van der Waals surface area contributed by atoms with Gasteiger partial charge in [-0.1, -0.05) is 41.4 Å². The molecule has 0 fully saturated rings. The minimum Gasteiger partial charge on any atom is -0.493 e. The summed E-state index contributed by atoms with van der Waals surface area (Å²) in [6, 6.07) is 14.3. The first-order valence-electron chi connectivity index (χ1n) is 10.6. The Hall–Kier alpha value is -3.66. The minimum absolute atomic E-state index is 0.0680. The van der Waals surface area contributed by atoms with Crippen LogP contribution in [0.4, 0.5) is 0 Å². The number of halogens is 2. The molecule has 1 aromatic heterocycles. The SMILES string of the molecule is COc1cc(/C=C2/C(=N)N3N=C(c4cccnc4)SC3=NC2=O)cc(Cl)c1OCc1ccccc1Cl. The molecule has 0 radical (unpaired) electrons. The third-order valence-electron chi connectivity index (χ3n) is 5.26. The summed E-state index contributed by atoms with van der Waals surface area (Å²) >= 11 is 13.9. The van der Waals surface area contributed by atoms with E-state index < -0.39 is 5.91 Å². The Labute approximate surface area is 220 Å². The molecule has 0 saturated carbocycles. The van der Waals surface area contributed by atoms with Gasteiger partial charge in [-0.15, -0.1) is 0 Å². The predicted octanol–water partition coefficient (Wildman–Crippen LogP) is 5.64. The van der Waals surface area contributed by atoms with Gasteiger partial charge < -0.3 is 9.47 Å². The Kier molecular flexibility index (Phi) is 6.77. The molecule has 3 aromatic rings. The van der Waals surface area contributed by atoms with E-state index in [1.54, 1.807) is 36.7 Å². The topological polar surface area (TPSA) is 100 Å². The third kappa shape index (κ3) is 4.73. The molecule has 0 unspecified atom stereocenters. The average Bonchev–Trinajstić information content (AvgIpc) is 3.31. The number of hydrazone groups is 1. The molecule has 3 heterocycles. The van der Waals surface area contributed by atoms with Crippen molar-refractivity contribution in [2.24, 2.45) is 10.1 Å². The number of rotatable bonds is 6. The second-order valence-corrected chi connectivity index (χ2v) is 9.35. The number of amidine groups is 2. The zero-order valence-corrected chi connectivity index (χ0v) is 21.1. The molecule has 2 aliphatic rings. The van der Waals surface area contributed by atoms with Gasteiger partial charge in [0.05, 0.1) is 17.7 Å². The summed E-state index contributed by atoms with van der Waals surface area (Å²) in [6.45, 7) is 0.195. The largest absolute Gasteiger partial charge is 0.493 e. The second kappa shape index (κ2) is 10.1. The summed E-state index contributed by atoms with van der Waals surface area (Å²) in [5, 5.41) is 16.2. The van der Waals surface area contributed by atoms with Gasteiger partial charge in [-0.05, 0) is 53.7 Å². The number of carbonyl (C=O) groups excluding carboxylic acids is 1.